The van der Waals surface area contributed by atoms with Gasteiger partial charge in [0.1, 0.15) is 0 Å². The summed E-state index contributed by atoms with van der Waals surface area (Å²) in [4.78, 5) is 0.922. The minimum absolute atomic E-state index is 0.922. The maximum atomic E-state index is 11.9. The summed E-state index contributed by atoms with van der Waals surface area (Å²) in [6, 6.07) is 18.9. The van der Waals surface area contributed by atoms with E-state index in [1.54, 1.807) is 6.26 Å². The Balaban J connectivity index is 2.38. The molecule has 1 nitrogen and oxygen atoms in total. The second-order valence-electron chi connectivity index (χ2n) is 4.87. The van der Waals surface area contributed by atoms with Gasteiger partial charge in [-0.25, -0.2) is 0 Å². The Morgan fingerprint density at radius 2 is 1.32 bits per heavy atom. The van der Waals surface area contributed by atoms with E-state index in [9.17, 15) is 4.21 Å². The minimum atomic E-state index is -0.961. The molecule has 1 atom stereocenters. The molecule has 0 saturated carbocycles. The van der Waals surface area contributed by atoms with Crippen LogP contribution in [-0.2, 0) is 10.8 Å². The molecule has 0 saturated heterocycles. The van der Waals surface area contributed by atoms with Crippen molar-refractivity contribution in [3.63, 3.8) is 0 Å². The third-order valence-electron chi connectivity index (χ3n) is 3.80. The van der Waals surface area contributed by atoms with Crippen LogP contribution in [0.3, 0.4) is 0 Å². The molecule has 0 fully saturated rings. The monoisotopic (exact) mass is 264 g/mol. The zero-order chi connectivity index (χ0) is 13.0. The SMILES string of the molecule is C[S@@](=O)c1ccc2ccc3cccc4ccc1c2c34. The van der Waals surface area contributed by atoms with Gasteiger partial charge in [-0.3, -0.25) is 4.21 Å². The van der Waals surface area contributed by atoms with E-state index in [1.807, 2.05) is 6.07 Å². The number of benzene rings is 4. The standard InChI is InChI=1S/C17H12OS/c1-19(18)15-10-8-13-6-5-11-3-2-4-12-7-9-14(15)17(13)16(11)12/h2-10H,1H3/t19-/m1/s1. The minimum Gasteiger partial charge on any atom is -0.255 e. The Kier molecular flexibility index (Phi) is 2.18. The lowest BCUT2D eigenvalue weighted by Crippen LogP contribution is -1.91. The van der Waals surface area contributed by atoms with Crippen LogP contribution in [0, 0.1) is 0 Å². The fourth-order valence-corrected chi connectivity index (χ4v) is 3.70. The quantitative estimate of drug-likeness (QED) is 0.468. The summed E-state index contributed by atoms with van der Waals surface area (Å²) < 4.78 is 11.9. The normalized spacial score (nSPS) is 13.5. The molecule has 0 aromatic heterocycles. The average Bonchev–Trinajstić information content (AvgIpc) is 2.44. The van der Waals surface area contributed by atoms with E-state index in [0.717, 1.165) is 10.3 Å². The van der Waals surface area contributed by atoms with E-state index in [0.29, 0.717) is 0 Å². The van der Waals surface area contributed by atoms with Crippen molar-refractivity contribution in [3.8, 4) is 0 Å². The van der Waals surface area contributed by atoms with Gasteiger partial charge in [-0.1, -0.05) is 48.5 Å². The van der Waals surface area contributed by atoms with Crippen LogP contribution in [0.2, 0.25) is 0 Å². The molecule has 19 heavy (non-hydrogen) atoms. The average molecular weight is 264 g/mol. The summed E-state index contributed by atoms with van der Waals surface area (Å²) in [5, 5.41) is 7.34. The molecule has 2 heteroatoms. The zero-order valence-corrected chi connectivity index (χ0v) is 11.3. The molecule has 0 amide bonds. The molecule has 0 N–H and O–H groups in total. The van der Waals surface area contributed by atoms with Crippen molar-refractivity contribution < 1.29 is 4.21 Å². The largest absolute Gasteiger partial charge is 0.255 e. The van der Waals surface area contributed by atoms with Gasteiger partial charge < -0.3 is 0 Å². The van der Waals surface area contributed by atoms with Crippen LogP contribution >= 0.6 is 0 Å². The van der Waals surface area contributed by atoms with E-state index in [-0.39, 0.29) is 0 Å². The Hall–Kier alpha value is -1.93. The molecule has 0 radical (unpaired) electrons. The first-order chi connectivity index (χ1) is 9.25. The van der Waals surface area contributed by atoms with Crippen LogP contribution in [0.4, 0.5) is 0 Å². The lowest BCUT2D eigenvalue weighted by Gasteiger charge is -2.12. The summed E-state index contributed by atoms with van der Waals surface area (Å²) in [6.45, 7) is 0. The van der Waals surface area contributed by atoms with E-state index < -0.39 is 10.8 Å². The van der Waals surface area contributed by atoms with Crippen molar-refractivity contribution in [3.05, 3.63) is 54.6 Å². The Morgan fingerprint density at radius 3 is 2.00 bits per heavy atom. The first kappa shape index (κ1) is 10.9. The smallest absolute Gasteiger partial charge is 0.0504 e. The molecule has 4 rings (SSSR count). The van der Waals surface area contributed by atoms with E-state index in [1.165, 1.54) is 26.9 Å². The maximum absolute atomic E-state index is 11.9. The van der Waals surface area contributed by atoms with E-state index in [2.05, 4.69) is 48.5 Å². The molecule has 0 unspecified atom stereocenters. The number of hydrogen-bond donors (Lipinski definition) is 0. The predicted molar refractivity (Wildman–Crippen MR) is 82.5 cm³/mol. The molecular formula is C17H12OS. The molecule has 0 spiro atoms. The second-order valence-corrected chi connectivity index (χ2v) is 6.22. The molecule has 0 aliphatic carbocycles. The lowest BCUT2D eigenvalue weighted by atomic mass is 9.94. The lowest BCUT2D eigenvalue weighted by molar-refractivity contribution is 0.687. The van der Waals surface area contributed by atoms with Gasteiger partial charge in [0.2, 0.25) is 0 Å². The van der Waals surface area contributed by atoms with Gasteiger partial charge in [-0.15, -0.1) is 0 Å². The van der Waals surface area contributed by atoms with Gasteiger partial charge in [0.05, 0.1) is 10.8 Å². The third kappa shape index (κ3) is 1.44. The van der Waals surface area contributed by atoms with Crippen molar-refractivity contribution in [2.45, 2.75) is 4.90 Å². The van der Waals surface area contributed by atoms with Gasteiger partial charge in [0, 0.05) is 11.2 Å². The molecule has 0 aliphatic rings. The van der Waals surface area contributed by atoms with Crippen LogP contribution in [-0.4, -0.2) is 10.5 Å². The van der Waals surface area contributed by atoms with Gasteiger partial charge in [-0.05, 0) is 38.4 Å². The fraction of sp³-hybridized carbons (Fsp3) is 0.0588. The third-order valence-corrected chi connectivity index (χ3v) is 4.77. The van der Waals surface area contributed by atoms with E-state index >= 15 is 0 Å². The van der Waals surface area contributed by atoms with Crippen LogP contribution in [0.1, 0.15) is 0 Å². The van der Waals surface area contributed by atoms with Gasteiger partial charge in [-0.2, -0.15) is 0 Å². The van der Waals surface area contributed by atoms with Gasteiger partial charge in [0.25, 0.3) is 0 Å². The van der Waals surface area contributed by atoms with Crippen LogP contribution < -0.4 is 0 Å². The van der Waals surface area contributed by atoms with Crippen molar-refractivity contribution in [2.75, 3.05) is 6.26 Å². The Labute approximate surface area is 113 Å². The molecule has 0 bridgehead atoms. The molecule has 0 heterocycles. The van der Waals surface area contributed by atoms with Crippen molar-refractivity contribution in [1.29, 1.82) is 0 Å². The summed E-state index contributed by atoms with van der Waals surface area (Å²) in [7, 11) is -0.961. The molecule has 4 aromatic carbocycles. The van der Waals surface area contributed by atoms with Crippen LogP contribution in [0.15, 0.2) is 59.5 Å². The molecule has 0 aliphatic heterocycles. The van der Waals surface area contributed by atoms with Crippen molar-refractivity contribution in [2.24, 2.45) is 0 Å². The highest BCUT2D eigenvalue weighted by Gasteiger charge is 2.11. The fourth-order valence-electron chi connectivity index (χ4n) is 2.96. The summed E-state index contributed by atoms with van der Waals surface area (Å²) >= 11 is 0. The van der Waals surface area contributed by atoms with E-state index in [4.69, 9.17) is 0 Å². The highest BCUT2D eigenvalue weighted by molar-refractivity contribution is 7.84. The molecular weight excluding hydrogens is 252 g/mol. The zero-order valence-electron chi connectivity index (χ0n) is 10.5. The number of hydrogen-bond acceptors (Lipinski definition) is 1. The Bertz CT molecular complexity index is 924. The topological polar surface area (TPSA) is 17.1 Å². The van der Waals surface area contributed by atoms with Crippen LogP contribution in [0.25, 0.3) is 32.3 Å². The summed E-state index contributed by atoms with van der Waals surface area (Å²) in [5.41, 5.74) is 0. The van der Waals surface area contributed by atoms with Gasteiger partial charge >= 0.3 is 0 Å². The van der Waals surface area contributed by atoms with Crippen molar-refractivity contribution in [1.82, 2.24) is 0 Å². The predicted octanol–water partition coefficient (Wildman–Crippen LogP) is 4.32. The number of rotatable bonds is 1. The van der Waals surface area contributed by atoms with Crippen LogP contribution in [0.5, 0.6) is 0 Å². The Morgan fingerprint density at radius 1 is 0.737 bits per heavy atom. The summed E-state index contributed by atoms with van der Waals surface area (Å²) in [5.74, 6) is 0. The highest BCUT2D eigenvalue weighted by atomic mass is 32.2. The van der Waals surface area contributed by atoms with Gasteiger partial charge in [0.15, 0.2) is 0 Å². The second kappa shape index (κ2) is 3.78. The maximum Gasteiger partial charge on any atom is 0.0504 e. The summed E-state index contributed by atoms with van der Waals surface area (Å²) in [6.07, 6.45) is 1.74. The highest BCUT2D eigenvalue weighted by Crippen LogP contribution is 2.36. The first-order valence-corrected chi connectivity index (χ1v) is 7.81. The molecule has 4 aromatic rings. The first-order valence-electron chi connectivity index (χ1n) is 6.26. The molecule has 92 valence electrons. The van der Waals surface area contributed by atoms with Crippen molar-refractivity contribution >= 4 is 43.1 Å².